The van der Waals surface area contributed by atoms with Crippen LogP contribution in [0.15, 0.2) is 12.2 Å². The van der Waals surface area contributed by atoms with Crippen LogP contribution in [0.1, 0.15) is 13.3 Å². The van der Waals surface area contributed by atoms with Gasteiger partial charge in [0.1, 0.15) is 6.61 Å². The van der Waals surface area contributed by atoms with E-state index >= 15 is 0 Å². The van der Waals surface area contributed by atoms with Gasteiger partial charge in [0.15, 0.2) is 21.0 Å². The lowest BCUT2D eigenvalue weighted by molar-refractivity contribution is -0.226. The summed E-state index contributed by atoms with van der Waals surface area (Å²) in [7, 11) is -12.3. The highest BCUT2D eigenvalue weighted by atomic mass is 32.3. The van der Waals surface area contributed by atoms with Crippen molar-refractivity contribution < 1.29 is 66.6 Å². The number of halogens is 7. The number of ether oxygens (including phenoxy) is 2. The fourth-order valence-corrected chi connectivity index (χ4v) is 5.14. The summed E-state index contributed by atoms with van der Waals surface area (Å²) in [4.78, 5) is 22.3. The van der Waals surface area contributed by atoms with Crippen molar-refractivity contribution in [2.24, 2.45) is 0 Å². The van der Waals surface area contributed by atoms with Crippen LogP contribution < -0.4 is 5.32 Å². The minimum Gasteiger partial charge on any atom is -0.460 e. The number of hydrogen-bond donors (Lipinski definition) is 1. The Kier molecular flexibility index (Phi) is 9.55. The largest absolute Gasteiger partial charge is 0.498 e. The number of sulfone groups is 2. The Morgan fingerprint density at radius 1 is 0.969 bits per heavy atom. The van der Waals surface area contributed by atoms with Crippen molar-refractivity contribution in [1.82, 2.24) is 5.32 Å². The smallest absolute Gasteiger partial charge is 0.460 e. The molecule has 0 aromatic carbocycles. The van der Waals surface area contributed by atoms with Crippen molar-refractivity contribution in [2.45, 2.75) is 35.3 Å². The van der Waals surface area contributed by atoms with Gasteiger partial charge in [0, 0.05) is 18.2 Å². The lowest BCUT2D eigenvalue weighted by Gasteiger charge is -2.29. The Hall–Kier alpha value is -2.11. The highest BCUT2D eigenvalue weighted by Gasteiger charge is 2.64. The van der Waals surface area contributed by atoms with Crippen molar-refractivity contribution in [1.29, 1.82) is 0 Å². The number of rotatable bonds is 11. The van der Waals surface area contributed by atoms with Crippen LogP contribution in [0, 0.1) is 0 Å². The van der Waals surface area contributed by atoms with Gasteiger partial charge in [0.2, 0.25) is 0 Å². The van der Waals surface area contributed by atoms with Gasteiger partial charge in [0.05, 0.1) is 6.54 Å². The summed E-state index contributed by atoms with van der Waals surface area (Å²) in [6, 6.07) is 0. The fraction of sp³-hybridized carbons (Fsp3) is 0.714. The molecule has 0 aliphatic carbocycles. The van der Waals surface area contributed by atoms with E-state index in [4.69, 9.17) is 0 Å². The van der Waals surface area contributed by atoms with Crippen LogP contribution >= 0.6 is 0 Å². The molecule has 0 aliphatic heterocycles. The molecule has 188 valence electrons. The number of alkyl halides is 7. The standard InChI is InChI=1S/C14H18F7NO8S2/c1-8(2)10(23)29-5-4-22-11(24)30-7-13(17,18)12(15,16)6-9(31(3,25)26)32(27,28)14(19,20)21/h9H,1,4-7H2,2-3H3,(H,22,24). The third-order valence-corrected chi connectivity index (χ3v) is 7.88. The molecule has 0 heterocycles. The van der Waals surface area contributed by atoms with E-state index in [1.54, 1.807) is 5.32 Å². The van der Waals surface area contributed by atoms with E-state index in [2.05, 4.69) is 16.1 Å². The van der Waals surface area contributed by atoms with E-state index in [1.165, 1.54) is 6.92 Å². The van der Waals surface area contributed by atoms with Crippen LogP contribution in [0.25, 0.3) is 0 Å². The summed E-state index contributed by atoms with van der Waals surface area (Å²) in [6.45, 7) is 1.08. The summed E-state index contributed by atoms with van der Waals surface area (Å²) in [5.41, 5.74) is -6.33. The number of carbonyl (C=O) groups excluding carboxylic acids is 2. The van der Waals surface area contributed by atoms with Gasteiger partial charge in [-0.25, -0.2) is 26.4 Å². The molecule has 0 saturated heterocycles. The Bertz CT molecular complexity index is 929. The zero-order chi connectivity index (χ0) is 25.8. The monoisotopic (exact) mass is 525 g/mol. The summed E-state index contributed by atoms with van der Waals surface area (Å²) in [5.74, 6) is -12.0. The average Bonchev–Trinajstić information content (AvgIpc) is 2.59. The van der Waals surface area contributed by atoms with Crippen molar-refractivity contribution in [3.63, 3.8) is 0 Å². The van der Waals surface area contributed by atoms with Crippen molar-refractivity contribution in [3.8, 4) is 0 Å². The first-order chi connectivity index (χ1) is 14.1. The molecule has 0 aromatic heterocycles. The third kappa shape index (κ3) is 8.10. The van der Waals surface area contributed by atoms with Crippen LogP contribution in [0.2, 0.25) is 0 Å². The first kappa shape index (κ1) is 29.9. The van der Waals surface area contributed by atoms with E-state index < -0.39 is 79.9 Å². The maximum absolute atomic E-state index is 13.9. The molecule has 1 N–H and O–H groups in total. The molecule has 0 spiro atoms. The number of carbonyl (C=O) groups is 2. The summed E-state index contributed by atoms with van der Waals surface area (Å²) < 4.78 is 143. The first-order valence-electron chi connectivity index (χ1n) is 8.04. The molecule has 0 saturated carbocycles. The molecule has 0 fully saturated rings. The van der Waals surface area contributed by atoms with Gasteiger partial charge in [-0.1, -0.05) is 6.58 Å². The van der Waals surface area contributed by atoms with Gasteiger partial charge in [-0.2, -0.15) is 30.7 Å². The number of hydrogen-bond acceptors (Lipinski definition) is 8. The van der Waals surface area contributed by atoms with Gasteiger partial charge in [0.25, 0.3) is 9.84 Å². The zero-order valence-corrected chi connectivity index (χ0v) is 18.0. The van der Waals surface area contributed by atoms with E-state index in [1.807, 2.05) is 0 Å². The molecule has 0 radical (unpaired) electrons. The maximum Gasteiger partial charge on any atom is 0.498 e. The minimum atomic E-state index is -6.82. The second-order valence-electron chi connectivity index (χ2n) is 6.28. The molecule has 0 rings (SSSR count). The van der Waals surface area contributed by atoms with Crippen LogP contribution in [0.3, 0.4) is 0 Å². The SMILES string of the molecule is C=C(C)C(=O)OCCNC(=O)OCC(F)(F)C(F)(F)CC(S(C)(=O)=O)S(=O)(=O)C(F)(F)F. The molecular formula is C14H18F7NO8S2. The number of amides is 1. The van der Waals surface area contributed by atoms with Gasteiger partial charge in [-0.05, 0) is 6.92 Å². The molecule has 0 aromatic rings. The molecule has 1 atom stereocenters. The van der Waals surface area contributed by atoms with Crippen LogP contribution in [0.4, 0.5) is 35.5 Å². The Morgan fingerprint density at radius 2 is 1.47 bits per heavy atom. The quantitative estimate of drug-likeness (QED) is 0.187. The number of nitrogens with one attached hydrogen (secondary N) is 1. The number of esters is 1. The second-order valence-corrected chi connectivity index (χ2v) is 10.9. The third-order valence-electron chi connectivity index (χ3n) is 3.44. The predicted octanol–water partition coefficient (Wildman–Crippen LogP) is 1.80. The molecule has 0 aliphatic rings. The Labute approximate surface area is 177 Å². The normalized spacial score (nSPS) is 14.4. The molecule has 1 amide bonds. The summed E-state index contributed by atoms with van der Waals surface area (Å²) >= 11 is 0. The molecule has 18 heteroatoms. The summed E-state index contributed by atoms with van der Waals surface area (Å²) in [6.07, 6.45) is -4.84. The molecule has 1 unspecified atom stereocenters. The summed E-state index contributed by atoms with van der Waals surface area (Å²) in [5, 5.41) is 1.72. The molecular weight excluding hydrogens is 507 g/mol. The van der Waals surface area contributed by atoms with Crippen molar-refractivity contribution in [3.05, 3.63) is 12.2 Å². The lowest BCUT2D eigenvalue weighted by Crippen LogP contribution is -2.51. The zero-order valence-electron chi connectivity index (χ0n) is 16.3. The van der Waals surface area contributed by atoms with Gasteiger partial charge >= 0.3 is 29.4 Å². The average molecular weight is 525 g/mol. The van der Waals surface area contributed by atoms with Gasteiger partial charge < -0.3 is 14.8 Å². The minimum absolute atomic E-state index is 0.00520. The van der Waals surface area contributed by atoms with Crippen molar-refractivity contribution in [2.75, 3.05) is 26.0 Å². The number of alkyl carbamates (subject to hydrolysis) is 1. The topological polar surface area (TPSA) is 133 Å². The van der Waals surface area contributed by atoms with Gasteiger partial charge in [-0.15, -0.1) is 0 Å². The highest BCUT2D eigenvalue weighted by Crippen LogP contribution is 2.42. The van der Waals surface area contributed by atoms with E-state index in [9.17, 15) is 57.2 Å². The molecule has 32 heavy (non-hydrogen) atoms. The highest BCUT2D eigenvalue weighted by molar-refractivity contribution is 8.09. The molecule has 9 nitrogen and oxygen atoms in total. The maximum atomic E-state index is 13.9. The Balaban J connectivity index is 5.22. The second kappa shape index (κ2) is 10.2. The fourth-order valence-electron chi connectivity index (χ4n) is 1.73. The van der Waals surface area contributed by atoms with Crippen molar-refractivity contribution >= 4 is 31.7 Å². The van der Waals surface area contributed by atoms with E-state index in [0.717, 1.165) is 0 Å². The first-order valence-corrected chi connectivity index (χ1v) is 11.5. The van der Waals surface area contributed by atoms with Crippen LogP contribution in [-0.4, -0.2) is 76.8 Å². The lowest BCUT2D eigenvalue weighted by atomic mass is 10.1. The van der Waals surface area contributed by atoms with Crippen LogP contribution in [-0.2, 0) is 33.9 Å². The van der Waals surface area contributed by atoms with Crippen LogP contribution in [0.5, 0.6) is 0 Å². The van der Waals surface area contributed by atoms with E-state index in [0.29, 0.717) is 0 Å². The predicted molar refractivity (Wildman–Crippen MR) is 93.2 cm³/mol. The van der Waals surface area contributed by atoms with Gasteiger partial charge in [-0.3, -0.25) is 0 Å². The Morgan fingerprint density at radius 3 is 1.88 bits per heavy atom. The molecule has 0 bridgehead atoms. The van der Waals surface area contributed by atoms with E-state index in [-0.39, 0.29) is 11.8 Å².